The average Bonchev–Trinajstić information content (AvgIpc) is 2.47. The lowest BCUT2D eigenvalue weighted by molar-refractivity contribution is 0.380. The minimum absolute atomic E-state index is 0.236. The Balaban J connectivity index is 2.12. The first-order valence-corrected chi connectivity index (χ1v) is 9.15. The van der Waals surface area contributed by atoms with Crippen molar-refractivity contribution >= 4 is 11.4 Å². The number of hydrogen-bond acceptors (Lipinski definition) is 2. The number of hydrogen-bond donors (Lipinski definition) is 1. The quantitative estimate of drug-likeness (QED) is 0.827. The third-order valence-corrected chi connectivity index (χ3v) is 5.08. The highest BCUT2D eigenvalue weighted by Crippen LogP contribution is 2.35. The first-order valence-electron chi connectivity index (χ1n) is 9.15. The summed E-state index contributed by atoms with van der Waals surface area (Å²) in [6.07, 6.45) is 4.81. The second-order valence-corrected chi connectivity index (χ2v) is 7.58. The summed E-state index contributed by atoms with van der Waals surface area (Å²) < 4.78 is 0. The highest BCUT2D eigenvalue weighted by atomic mass is 15.2. The van der Waals surface area contributed by atoms with E-state index in [0.717, 1.165) is 6.42 Å². The van der Waals surface area contributed by atoms with Gasteiger partial charge in [0.25, 0.3) is 0 Å². The van der Waals surface area contributed by atoms with Crippen molar-refractivity contribution in [1.29, 1.82) is 0 Å². The molecule has 24 heavy (non-hydrogen) atoms. The first kappa shape index (κ1) is 17.0. The van der Waals surface area contributed by atoms with E-state index in [0.29, 0.717) is 6.04 Å². The van der Waals surface area contributed by atoms with Crippen LogP contribution in [0.15, 0.2) is 36.4 Å². The largest absolute Gasteiger partial charge is 0.337 e. The Morgan fingerprint density at radius 2 is 1.12 bits per heavy atom. The zero-order valence-corrected chi connectivity index (χ0v) is 15.5. The van der Waals surface area contributed by atoms with Crippen molar-refractivity contribution in [1.82, 2.24) is 0 Å². The molecule has 2 unspecified atom stereocenters. The highest BCUT2D eigenvalue weighted by Gasteiger charge is 2.29. The molecule has 1 saturated carbocycles. The molecule has 128 valence electrons. The predicted octanol–water partition coefficient (Wildman–Crippen LogP) is 5.33. The van der Waals surface area contributed by atoms with Crippen LogP contribution in [0.3, 0.4) is 0 Å². The van der Waals surface area contributed by atoms with Gasteiger partial charge >= 0.3 is 0 Å². The summed E-state index contributed by atoms with van der Waals surface area (Å²) in [6, 6.07) is 14.3. The number of aryl methyl sites for hydroxylation is 4. The Labute approximate surface area is 146 Å². The van der Waals surface area contributed by atoms with Gasteiger partial charge in [-0.1, -0.05) is 25.0 Å². The minimum Gasteiger partial charge on any atom is -0.337 e. The molecule has 3 rings (SSSR count). The van der Waals surface area contributed by atoms with Gasteiger partial charge in [0.15, 0.2) is 0 Å². The van der Waals surface area contributed by atoms with E-state index >= 15 is 0 Å². The fourth-order valence-corrected chi connectivity index (χ4v) is 4.17. The van der Waals surface area contributed by atoms with Crippen molar-refractivity contribution in [2.45, 2.75) is 65.5 Å². The summed E-state index contributed by atoms with van der Waals surface area (Å²) in [5.74, 6) is 0. The number of nitrogens with zero attached hydrogens (tertiary/aromatic N) is 1. The van der Waals surface area contributed by atoms with E-state index in [9.17, 15) is 0 Å². The molecular weight excluding hydrogens is 292 g/mol. The van der Waals surface area contributed by atoms with Gasteiger partial charge in [-0.25, -0.2) is 0 Å². The summed E-state index contributed by atoms with van der Waals surface area (Å²) in [4.78, 5) is 2.50. The summed E-state index contributed by atoms with van der Waals surface area (Å²) in [7, 11) is 0. The molecule has 2 aromatic rings. The summed E-state index contributed by atoms with van der Waals surface area (Å²) in [5.41, 5.74) is 14.4. The van der Waals surface area contributed by atoms with Gasteiger partial charge in [-0.05, 0) is 87.1 Å². The molecule has 0 spiro atoms. The van der Waals surface area contributed by atoms with Crippen LogP contribution in [0.25, 0.3) is 0 Å². The molecular formula is C22H30N2. The molecule has 0 bridgehead atoms. The number of anilines is 2. The molecule has 2 heteroatoms. The Kier molecular flexibility index (Phi) is 4.96. The molecule has 2 nitrogen and oxygen atoms in total. The number of nitrogens with two attached hydrogens (primary N) is 1. The topological polar surface area (TPSA) is 29.3 Å². The van der Waals surface area contributed by atoms with Crippen LogP contribution >= 0.6 is 0 Å². The summed E-state index contributed by atoms with van der Waals surface area (Å²) in [6.45, 7) is 8.71. The molecule has 0 aromatic heterocycles. The smallest absolute Gasteiger partial charge is 0.0493 e. The van der Waals surface area contributed by atoms with Crippen LogP contribution in [0, 0.1) is 27.7 Å². The fourth-order valence-electron chi connectivity index (χ4n) is 4.17. The normalized spacial score (nSPS) is 20.9. The van der Waals surface area contributed by atoms with Gasteiger partial charge in [-0.15, -0.1) is 0 Å². The zero-order valence-electron chi connectivity index (χ0n) is 15.5. The number of rotatable bonds is 3. The van der Waals surface area contributed by atoms with Gasteiger partial charge in [0.05, 0.1) is 0 Å². The predicted molar refractivity (Wildman–Crippen MR) is 104 cm³/mol. The average molecular weight is 322 g/mol. The van der Waals surface area contributed by atoms with Crippen LogP contribution < -0.4 is 10.6 Å². The van der Waals surface area contributed by atoms with E-state index in [1.807, 2.05) is 0 Å². The van der Waals surface area contributed by atoms with E-state index in [1.165, 1.54) is 52.9 Å². The van der Waals surface area contributed by atoms with Gasteiger partial charge < -0.3 is 10.6 Å². The Morgan fingerprint density at radius 1 is 0.708 bits per heavy atom. The van der Waals surface area contributed by atoms with Gasteiger partial charge in [-0.2, -0.15) is 0 Å². The van der Waals surface area contributed by atoms with Crippen molar-refractivity contribution in [3.05, 3.63) is 58.7 Å². The van der Waals surface area contributed by atoms with Crippen LogP contribution in [0.1, 0.15) is 47.9 Å². The van der Waals surface area contributed by atoms with E-state index < -0.39 is 0 Å². The maximum absolute atomic E-state index is 6.57. The standard InChI is InChI=1S/C22H30N2/c1-15-9-16(2)12-19(11-15)24(22-8-6-5-7-21(22)23)20-13-17(3)10-18(4)14-20/h9-14,21-22H,5-8,23H2,1-4H3. The molecule has 1 fully saturated rings. The van der Waals surface area contributed by atoms with E-state index in [-0.39, 0.29) is 6.04 Å². The lowest BCUT2D eigenvalue weighted by Crippen LogP contribution is -2.47. The summed E-state index contributed by atoms with van der Waals surface area (Å²) in [5, 5.41) is 0. The Bertz CT molecular complexity index is 628. The van der Waals surface area contributed by atoms with Crippen molar-refractivity contribution in [3.63, 3.8) is 0 Å². The minimum atomic E-state index is 0.236. The molecule has 2 atom stereocenters. The van der Waals surface area contributed by atoms with Gasteiger partial charge in [-0.3, -0.25) is 0 Å². The first-order chi connectivity index (χ1) is 11.4. The van der Waals surface area contributed by atoms with E-state index in [1.54, 1.807) is 0 Å². The Hall–Kier alpha value is -1.80. The van der Waals surface area contributed by atoms with Crippen LogP contribution in [0.5, 0.6) is 0 Å². The van der Waals surface area contributed by atoms with E-state index in [2.05, 4.69) is 69.0 Å². The lowest BCUT2D eigenvalue weighted by Gasteiger charge is -2.40. The van der Waals surface area contributed by atoms with Gasteiger partial charge in [0, 0.05) is 23.5 Å². The third-order valence-electron chi connectivity index (χ3n) is 5.08. The second-order valence-electron chi connectivity index (χ2n) is 7.58. The molecule has 1 aliphatic rings. The fraction of sp³-hybridized carbons (Fsp3) is 0.455. The van der Waals surface area contributed by atoms with Crippen LogP contribution in [0.4, 0.5) is 11.4 Å². The van der Waals surface area contributed by atoms with E-state index in [4.69, 9.17) is 5.73 Å². The lowest BCUT2D eigenvalue weighted by atomic mass is 9.88. The molecule has 0 amide bonds. The summed E-state index contributed by atoms with van der Waals surface area (Å²) >= 11 is 0. The molecule has 0 saturated heterocycles. The SMILES string of the molecule is Cc1cc(C)cc(N(c2cc(C)cc(C)c2)C2CCCCC2N)c1. The highest BCUT2D eigenvalue weighted by molar-refractivity contribution is 5.67. The van der Waals surface area contributed by atoms with Gasteiger partial charge in [0.2, 0.25) is 0 Å². The third kappa shape index (κ3) is 3.64. The Morgan fingerprint density at radius 3 is 1.54 bits per heavy atom. The molecule has 0 heterocycles. The molecule has 0 aliphatic heterocycles. The van der Waals surface area contributed by atoms with Crippen LogP contribution in [0.2, 0.25) is 0 Å². The zero-order chi connectivity index (χ0) is 17.3. The number of benzene rings is 2. The molecule has 0 radical (unpaired) electrons. The molecule has 1 aliphatic carbocycles. The van der Waals surface area contributed by atoms with Gasteiger partial charge in [0.1, 0.15) is 0 Å². The van der Waals surface area contributed by atoms with Crippen molar-refractivity contribution in [3.8, 4) is 0 Å². The molecule has 2 aromatic carbocycles. The maximum atomic E-state index is 6.57. The second kappa shape index (κ2) is 6.98. The van der Waals surface area contributed by atoms with Crippen molar-refractivity contribution in [2.75, 3.05) is 4.90 Å². The van der Waals surface area contributed by atoms with Crippen molar-refractivity contribution in [2.24, 2.45) is 5.73 Å². The molecule has 2 N–H and O–H groups in total. The van der Waals surface area contributed by atoms with Crippen LogP contribution in [-0.4, -0.2) is 12.1 Å². The monoisotopic (exact) mass is 322 g/mol. The van der Waals surface area contributed by atoms with Crippen molar-refractivity contribution < 1.29 is 0 Å². The maximum Gasteiger partial charge on any atom is 0.0493 e. The van der Waals surface area contributed by atoms with Crippen LogP contribution in [-0.2, 0) is 0 Å².